The van der Waals surface area contributed by atoms with Crippen molar-refractivity contribution in [3.05, 3.63) is 33.4 Å². The van der Waals surface area contributed by atoms with Crippen molar-refractivity contribution in [2.45, 2.75) is 32.2 Å². The topological polar surface area (TPSA) is 55.2 Å². The fourth-order valence-corrected chi connectivity index (χ4v) is 1.71. The van der Waals surface area contributed by atoms with Crippen LogP contribution in [0.2, 0.25) is 0 Å². The highest BCUT2D eigenvalue weighted by molar-refractivity contribution is 5.59. The second-order valence-electron chi connectivity index (χ2n) is 4.08. The Kier molecular flexibility index (Phi) is 2.95. The lowest BCUT2D eigenvalue weighted by atomic mass is 10.1. The maximum atomic E-state index is 13.6. The summed E-state index contributed by atoms with van der Waals surface area (Å²) in [4.78, 5) is 9.69. The summed E-state index contributed by atoms with van der Waals surface area (Å²) in [5, 5.41) is 13.6. The number of rotatable bonds is 4. The largest absolute Gasteiger partial charge is 0.382 e. The summed E-state index contributed by atoms with van der Waals surface area (Å²) < 4.78 is 27.0. The van der Waals surface area contributed by atoms with Crippen molar-refractivity contribution in [3.63, 3.8) is 0 Å². The molecule has 0 spiro atoms. The van der Waals surface area contributed by atoms with Crippen LogP contribution in [0.25, 0.3) is 0 Å². The van der Waals surface area contributed by atoms with Gasteiger partial charge in [0.2, 0.25) is 5.82 Å². The molecule has 0 aromatic heterocycles. The summed E-state index contributed by atoms with van der Waals surface area (Å²) in [6.45, 7) is 1.68. The highest BCUT2D eigenvalue weighted by Gasteiger charge is 2.28. The van der Waals surface area contributed by atoms with E-state index in [1.165, 1.54) is 0 Å². The van der Waals surface area contributed by atoms with Gasteiger partial charge in [0.25, 0.3) is 0 Å². The SMILES string of the molecule is CCc1c(NC2CC2)cc([N+](=O)[O-])c(F)c1F. The molecule has 0 unspecified atom stereocenters. The Balaban J connectivity index is 2.50. The lowest BCUT2D eigenvalue weighted by molar-refractivity contribution is -0.387. The Labute approximate surface area is 96.8 Å². The van der Waals surface area contributed by atoms with Crippen LogP contribution in [0.3, 0.4) is 0 Å². The molecule has 0 saturated heterocycles. The Morgan fingerprint density at radius 1 is 1.47 bits per heavy atom. The fraction of sp³-hybridized carbons (Fsp3) is 0.455. The van der Waals surface area contributed by atoms with Crippen LogP contribution in [0.4, 0.5) is 20.2 Å². The van der Waals surface area contributed by atoms with E-state index in [0.29, 0.717) is 5.69 Å². The standard InChI is InChI=1S/C11H12F2N2O2/c1-2-7-8(14-6-3-4-6)5-9(15(16)17)11(13)10(7)12/h5-6,14H,2-4H2,1H3. The van der Waals surface area contributed by atoms with Crippen molar-refractivity contribution in [2.75, 3.05) is 5.32 Å². The van der Waals surface area contributed by atoms with Gasteiger partial charge in [-0.2, -0.15) is 4.39 Å². The maximum Gasteiger partial charge on any atom is 0.309 e. The minimum atomic E-state index is -1.38. The lowest BCUT2D eigenvalue weighted by Gasteiger charge is -2.11. The smallest absolute Gasteiger partial charge is 0.309 e. The third-order valence-corrected chi connectivity index (χ3v) is 2.78. The third kappa shape index (κ3) is 2.20. The summed E-state index contributed by atoms with van der Waals surface area (Å²) in [7, 11) is 0. The first-order chi connectivity index (χ1) is 8.04. The summed E-state index contributed by atoms with van der Waals surface area (Å²) in [6, 6.07) is 1.31. The lowest BCUT2D eigenvalue weighted by Crippen LogP contribution is -2.08. The van der Waals surface area contributed by atoms with E-state index in [1.54, 1.807) is 6.92 Å². The fourth-order valence-electron chi connectivity index (χ4n) is 1.71. The molecule has 0 radical (unpaired) electrons. The van der Waals surface area contributed by atoms with Crippen LogP contribution in [0.5, 0.6) is 0 Å². The van der Waals surface area contributed by atoms with Gasteiger partial charge in [-0.05, 0) is 19.3 Å². The molecular formula is C11H12F2N2O2. The van der Waals surface area contributed by atoms with Gasteiger partial charge in [0, 0.05) is 23.4 Å². The minimum absolute atomic E-state index is 0.167. The average molecular weight is 242 g/mol. The van der Waals surface area contributed by atoms with Crippen LogP contribution in [0, 0.1) is 21.7 Å². The predicted octanol–water partition coefficient (Wildman–Crippen LogP) is 3.01. The molecule has 92 valence electrons. The van der Waals surface area contributed by atoms with Crippen molar-refractivity contribution in [1.82, 2.24) is 0 Å². The molecule has 0 heterocycles. The summed E-state index contributed by atoms with van der Waals surface area (Å²) in [5.41, 5.74) is -0.316. The quantitative estimate of drug-likeness (QED) is 0.652. The number of hydrogen-bond acceptors (Lipinski definition) is 3. The number of nitro benzene ring substituents is 1. The molecule has 17 heavy (non-hydrogen) atoms. The van der Waals surface area contributed by atoms with Crippen LogP contribution in [0.15, 0.2) is 6.07 Å². The zero-order valence-corrected chi connectivity index (χ0v) is 9.30. The first-order valence-corrected chi connectivity index (χ1v) is 5.46. The highest BCUT2D eigenvalue weighted by atomic mass is 19.2. The van der Waals surface area contributed by atoms with E-state index >= 15 is 0 Å². The predicted molar refractivity (Wildman–Crippen MR) is 59.0 cm³/mol. The third-order valence-electron chi connectivity index (χ3n) is 2.78. The molecule has 2 rings (SSSR count). The number of nitrogens with zero attached hydrogens (tertiary/aromatic N) is 1. The molecule has 1 N–H and O–H groups in total. The van der Waals surface area contributed by atoms with Gasteiger partial charge in [-0.15, -0.1) is 0 Å². The normalized spacial score (nSPS) is 14.8. The van der Waals surface area contributed by atoms with Crippen molar-refractivity contribution in [1.29, 1.82) is 0 Å². The van der Waals surface area contributed by atoms with Crippen LogP contribution in [-0.4, -0.2) is 11.0 Å². The summed E-state index contributed by atoms with van der Waals surface area (Å²) >= 11 is 0. The van der Waals surface area contributed by atoms with Crippen LogP contribution in [0.1, 0.15) is 25.3 Å². The number of nitro groups is 1. The second-order valence-corrected chi connectivity index (χ2v) is 4.08. The van der Waals surface area contributed by atoms with E-state index in [1.807, 2.05) is 0 Å². The first kappa shape index (κ1) is 11.8. The number of nitrogens with one attached hydrogen (secondary N) is 1. The van der Waals surface area contributed by atoms with Crippen molar-refractivity contribution < 1.29 is 13.7 Å². The molecular weight excluding hydrogens is 230 g/mol. The molecule has 1 fully saturated rings. The molecule has 1 saturated carbocycles. The van der Waals surface area contributed by atoms with E-state index in [2.05, 4.69) is 5.32 Å². The summed E-state index contributed by atoms with van der Waals surface area (Å²) in [6.07, 6.45) is 2.20. The Morgan fingerprint density at radius 3 is 2.59 bits per heavy atom. The van der Waals surface area contributed by atoms with E-state index in [4.69, 9.17) is 0 Å². The Hall–Kier alpha value is -1.72. The van der Waals surface area contributed by atoms with Gasteiger partial charge < -0.3 is 5.32 Å². The van der Waals surface area contributed by atoms with Gasteiger partial charge >= 0.3 is 5.69 Å². The van der Waals surface area contributed by atoms with E-state index in [-0.39, 0.29) is 18.0 Å². The minimum Gasteiger partial charge on any atom is -0.382 e. The second kappa shape index (κ2) is 4.27. The molecule has 1 aromatic rings. The molecule has 1 aliphatic carbocycles. The van der Waals surface area contributed by atoms with E-state index in [9.17, 15) is 18.9 Å². The Morgan fingerprint density at radius 2 is 2.12 bits per heavy atom. The van der Waals surface area contributed by atoms with Gasteiger partial charge in [-0.3, -0.25) is 10.1 Å². The van der Waals surface area contributed by atoms with Crippen molar-refractivity contribution in [3.8, 4) is 0 Å². The zero-order chi connectivity index (χ0) is 12.6. The molecule has 1 aromatic carbocycles. The molecule has 6 heteroatoms. The van der Waals surface area contributed by atoms with Gasteiger partial charge in [0.05, 0.1) is 4.92 Å². The number of hydrogen-bond donors (Lipinski definition) is 1. The Bertz CT molecular complexity index is 473. The summed E-state index contributed by atoms with van der Waals surface area (Å²) in [5.74, 6) is -2.50. The van der Waals surface area contributed by atoms with Gasteiger partial charge in [-0.1, -0.05) is 6.92 Å². The van der Waals surface area contributed by atoms with Gasteiger partial charge in [0.1, 0.15) is 0 Å². The first-order valence-electron chi connectivity index (χ1n) is 5.46. The van der Waals surface area contributed by atoms with Crippen LogP contribution >= 0.6 is 0 Å². The molecule has 1 aliphatic rings. The average Bonchev–Trinajstić information content (AvgIpc) is 3.07. The molecule has 0 amide bonds. The van der Waals surface area contributed by atoms with Crippen molar-refractivity contribution >= 4 is 11.4 Å². The number of anilines is 1. The molecule has 0 bridgehead atoms. The highest BCUT2D eigenvalue weighted by Crippen LogP contribution is 2.33. The van der Waals surface area contributed by atoms with Crippen molar-refractivity contribution in [2.24, 2.45) is 0 Å². The number of halogens is 2. The van der Waals surface area contributed by atoms with Crippen LogP contribution in [-0.2, 0) is 6.42 Å². The molecule has 0 aliphatic heterocycles. The van der Waals surface area contributed by atoms with Gasteiger partial charge in [-0.25, -0.2) is 4.39 Å². The van der Waals surface area contributed by atoms with E-state index < -0.39 is 22.2 Å². The number of benzene rings is 1. The van der Waals surface area contributed by atoms with Gasteiger partial charge in [0.15, 0.2) is 5.82 Å². The molecule has 0 atom stereocenters. The zero-order valence-electron chi connectivity index (χ0n) is 9.30. The van der Waals surface area contributed by atoms with E-state index in [0.717, 1.165) is 18.9 Å². The monoisotopic (exact) mass is 242 g/mol. The maximum absolute atomic E-state index is 13.6. The molecule has 4 nitrogen and oxygen atoms in total. The van der Waals surface area contributed by atoms with Crippen LogP contribution < -0.4 is 5.32 Å².